The molecule has 19 heavy (non-hydrogen) atoms. The average Bonchev–Trinajstić information content (AvgIpc) is 2.77. The van der Waals surface area contributed by atoms with Gasteiger partial charge in [0, 0.05) is 24.8 Å². The summed E-state index contributed by atoms with van der Waals surface area (Å²) in [5.74, 6) is -0.312. The summed E-state index contributed by atoms with van der Waals surface area (Å²) in [7, 11) is 1.88. The van der Waals surface area contributed by atoms with Crippen molar-refractivity contribution < 1.29 is 4.79 Å². The van der Waals surface area contributed by atoms with Crippen molar-refractivity contribution in [2.24, 2.45) is 12.8 Å². The van der Waals surface area contributed by atoms with E-state index in [2.05, 4.69) is 10.4 Å². The lowest BCUT2D eigenvalue weighted by Gasteiger charge is -2.27. The van der Waals surface area contributed by atoms with Gasteiger partial charge in [0.15, 0.2) is 0 Å². The van der Waals surface area contributed by atoms with Crippen LogP contribution < -0.4 is 11.1 Å². The molecule has 0 aromatic carbocycles. The molecule has 106 valence electrons. The van der Waals surface area contributed by atoms with E-state index in [1.165, 1.54) is 19.3 Å². The molecule has 1 atom stereocenters. The number of carbonyl (C=O) groups excluding carboxylic acids is 1. The smallest absolute Gasteiger partial charge is 0.239 e. The van der Waals surface area contributed by atoms with E-state index in [9.17, 15) is 4.79 Å². The van der Waals surface area contributed by atoms with Crippen LogP contribution in [0.25, 0.3) is 0 Å². The third-order valence-electron chi connectivity index (χ3n) is 3.88. The topological polar surface area (TPSA) is 72.9 Å². The Hall–Kier alpha value is -1.36. The van der Waals surface area contributed by atoms with E-state index >= 15 is 0 Å². The van der Waals surface area contributed by atoms with Gasteiger partial charge in [-0.1, -0.05) is 26.2 Å². The molecule has 0 spiro atoms. The molecular formula is C14H24N4O. The lowest BCUT2D eigenvalue weighted by molar-refractivity contribution is -0.120. The molecule has 1 amide bonds. The van der Waals surface area contributed by atoms with Crippen LogP contribution in [-0.4, -0.2) is 21.7 Å². The Labute approximate surface area is 114 Å². The first-order valence-corrected chi connectivity index (χ1v) is 7.19. The molecule has 1 heterocycles. The highest BCUT2D eigenvalue weighted by molar-refractivity contribution is 5.81. The van der Waals surface area contributed by atoms with Gasteiger partial charge in [0.2, 0.25) is 5.91 Å². The van der Waals surface area contributed by atoms with Crippen LogP contribution >= 0.6 is 0 Å². The minimum atomic E-state index is -0.410. The predicted octanol–water partition coefficient (Wildman–Crippen LogP) is 1.43. The third kappa shape index (κ3) is 3.35. The van der Waals surface area contributed by atoms with Gasteiger partial charge < -0.3 is 5.73 Å². The van der Waals surface area contributed by atoms with Gasteiger partial charge in [-0.25, -0.2) is 0 Å². The monoisotopic (exact) mass is 264 g/mol. The van der Waals surface area contributed by atoms with Crippen molar-refractivity contribution in [2.75, 3.05) is 0 Å². The Kier molecular flexibility index (Phi) is 4.58. The molecular weight excluding hydrogens is 240 g/mol. The van der Waals surface area contributed by atoms with Gasteiger partial charge in [-0.2, -0.15) is 5.10 Å². The zero-order valence-corrected chi connectivity index (χ0v) is 11.9. The molecule has 1 aliphatic rings. The zero-order chi connectivity index (χ0) is 13.8. The molecule has 1 unspecified atom stereocenters. The fourth-order valence-corrected chi connectivity index (χ4v) is 2.90. The molecule has 1 saturated carbocycles. The van der Waals surface area contributed by atoms with E-state index in [1.54, 1.807) is 4.68 Å². The maximum absolute atomic E-state index is 11.8. The highest BCUT2D eigenvalue weighted by Gasteiger charge is 2.26. The second-order valence-corrected chi connectivity index (χ2v) is 5.40. The van der Waals surface area contributed by atoms with Crippen molar-refractivity contribution in [1.82, 2.24) is 15.1 Å². The Morgan fingerprint density at radius 3 is 2.79 bits per heavy atom. The van der Waals surface area contributed by atoms with Crippen LogP contribution in [0.4, 0.5) is 0 Å². The lowest BCUT2D eigenvalue weighted by Crippen LogP contribution is -2.41. The molecule has 0 aliphatic heterocycles. The molecule has 5 heteroatoms. The number of amides is 1. The lowest BCUT2D eigenvalue weighted by atomic mass is 9.94. The van der Waals surface area contributed by atoms with E-state index in [0.29, 0.717) is 6.04 Å². The standard InChI is InChI=1S/C14H24N4O/c1-3-12-11(9-18(2)17-12)13(14(15)19)16-10-7-5-4-6-8-10/h9-10,13,16H,3-8H2,1-2H3,(H2,15,19). The number of hydrogen-bond acceptors (Lipinski definition) is 3. The number of hydrogen-bond donors (Lipinski definition) is 2. The third-order valence-corrected chi connectivity index (χ3v) is 3.88. The first-order chi connectivity index (χ1) is 9.11. The Morgan fingerprint density at radius 2 is 2.21 bits per heavy atom. The van der Waals surface area contributed by atoms with E-state index in [0.717, 1.165) is 30.5 Å². The molecule has 2 rings (SSSR count). The van der Waals surface area contributed by atoms with Crippen molar-refractivity contribution in [3.05, 3.63) is 17.5 Å². The van der Waals surface area contributed by atoms with Gasteiger partial charge in [0.1, 0.15) is 6.04 Å². The highest BCUT2D eigenvalue weighted by Crippen LogP contribution is 2.23. The number of nitrogens with two attached hydrogens (primary N) is 1. The summed E-state index contributed by atoms with van der Waals surface area (Å²) in [5, 5.41) is 7.83. The summed E-state index contributed by atoms with van der Waals surface area (Å²) >= 11 is 0. The maximum Gasteiger partial charge on any atom is 0.239 e. The zero-order valence-electron chi connectivity index (χ0n) is 11.9. The number of nitrogens with one attached hydrogen (secondary N) is 1. The van der Waals surface area contributed by atoms with Gasteiger partial charge in [-0.3, -0.25) is 14.8 Å². The minimum absolute atomic E-state index is 0.312. The summed E-state index contributed by atoms with van der Waals surface area (Å²) in [6.45, 7) is 2.05. The van der Waals surface area contributed by atoms with Crippen molar-refractivity contribution in [3.63, 3.8) is 0 Å². The molecule has 1 aromatic heterocycles. The van der Waals surface area contributed by atoms with Crippen LogP contribution in [0, 0.1) is 0 Å². The fourth-order valence-electron chi connectivity index (χ4n) is 2.90. The van der Waals surface area contributed by atoms with E-state index in [-0.39, 0.29) is 5.91 Å². The summed E-state index contributed by atoms with van der Waals surface area (Å²) < 4.78 is 1.76. The maximum atomic E-state index is 11.8. The fraction of sp³-hybridized carbons (Fsp3) is 0.714. The Morgan fingerprint density at radius 1 is 1.53 bits per heavy atom. The van der Waals surface area contributed by atoms with Gasteiger partial charge >= 0.3 is 0 Å². The SMILES string of the molecule is CCc1nn(C)cc1C(NC1CCCCC1)C(N)=O. The first kappa shape index (κ1) is 14.1. The molecule has 3 N–H and O–H groups in total. The van der Waals surface area contributed by atoms with Gasteiger partial charge in [-0.05, 0) is 19.3 Å². The van der Waals surface area contributed by atoms with E-state index in [1.807, 2.05) is 20.2 Å². The second-order valence-electron chi connectivity index (χ2n) is 5.40. The number of aryl methyl sites for hydroxylation is 2. The number of nitrogens with zero attached hydrogens (tertiary/aromatic N) is 2. The summed E-state index contributed by atoms with van der Waals surface area (Å²) in [6, 6.07) is -0.0112. The first-order valence-electron chi connectivity index (χ1n) is 7.19. The van der Waals surface area contributed by atoms with Crippen molar-refractivity contribution in [1.29, 1.82) is 0 Å². The highest BCUT2D eigenvalue weighted by atomic mass is 16.1. The molecule has 1 aromatic rings. The van der Waals surface area contributed by atoms with Crippen LogP contribution in [0.5, 0.6) is 0 Å². The largest absolute Gasteiger partial charge is 0.368 e. The van der Waals surface area contributed by atoms with Crippen LogP contribution in [0.15, 0.2) is 6.20 Å². The molecule has 1 fully saturated rings. The van der Waals surface area contributed by atoms with Crippen molar-refractivity contribution in [3.8, 4) is 0 Å². The molecule has 0 radical (unpaired) electrons. The molecule has 0 bridgehead atoms. The molecule has 0 saturated heterocycles. The second kappa shape index (κ2) is 6.19. The molecule has 1 aliphatic carbocycles. The van der Waals surface area contributed by atoms with Crippen LogP contribution in [-0.2, 0) is 18.3 Å². The molecule has 5 nitrogen and oxygen atoms in total. The summed E-state index contributed by atoms with van der Waals surface area (Å²) in [4.78, 5) is 11.8. The van der Waals surface area contributed by atoms with Gasteiger partial charge in [-0.15, -0.1) is 0 Å². The van der Waals surface area contributed by atoms with Gasteiger partial charge in [0.05, 0.1) is 5.69 Å². The Balaban J connectivity index is 2.16. The van der Waals surface area contributed by atoms with Crippen molar-refractivity contribution in [2.45, 2.75) is 57.5 Å². The van der Waals surface area contributed by atoms with E-state index < -0.39 is 6.04 Å². The van der Waals surface area contributed by atoms with Gasteiger partial charge in [0.25, 0.3) is 0 Å². The number of rotatable bonds is 5. The number of primary amides is 1. The predicted molar refractivity (Wildman–Crippen MR) is 74.5 cm³/mol. The number of aromatic nitrogens is 2. The average molecular weight is 264 g/mol. The normalized spacial score (nSPS) is 18.4. The van der Waals surface area contributed by atoms with Crippen LogP contribution in [0.3, 0.4) is 0 Å². The van der Waals surface area contributed by atoms with Crippen molar-refractivity contribution >= 4 is 5.91 Å². The quantitative estimate of drug-likeness (QED) is 0.845. The number of carbonyl (C=O) groups is 1. The minimum Gasteiger partial charge on any atom is -0.368 e. The van der Waals surface area contributed by atoms with Crippen LogP contribution in [0.2, 0.25) is 0 Å². The summed E-state index contributed by atoms with van der Waals surface area (Å²) in [6.07, 6.45) is 8.74. The summed E-state index contributed by atoms with van der Waals surface area (Å²) in [5.41, 5.74) is 7.47. The Bertz CT molecular complexity index is 435. The van der Waals surface area contributed by atoms with E-state index in [4.69, 9.17) is 5.73 Å². The van der Waals surface area contributed by atoms with Crippen LogP contribution in [0.1, 0.15) is 56.3 Å².